The summed E-state index contributed by atoms with van der Waals surface area (Å²) in [5, 5.41) is 4.78. The van der Waals surface area contributed by atoms with E-state index in [0.29, 0.717) is 5.92 Å². The highest BCUT2D eigenvalue weighted by Crippen LogP contribution is 2.38. The van der Waals surface area contributed by atoms with Gasteiger partial charge in [-0.1, -0.05) is 0 Å². The molecule has 4 nitrogen and oxygen atoms in total. The van der Waals surface area contributed by atoms with E-state index in [2.05, 4.69) is 57.6 Å². The van der Waals surface area contributed by atoms with E-state index < -0.39 is 0 Å². The SMILES string of the molecule is CN1CCC(c2cc3c(Nc4ccc5scnc5c4)ccnc3s2)C1. The van der Waals surface area contributed by atoms with Gasteiger partial charge in [-0.2, -0.15) is 0 Å². The van der Waals surface area contributed by atoms with Crippen LogP contribution in [0.4, 0.5) is 11.4 Å². The minimum absolute atomic E-state index is 0.642. The summed E-state index contributed by atoms with van der Waals surface area (Å²) in [6.45, 7) is 2.33. The number of likely N-dealkylation sites (N-methyl/N-ethyl adjacent to an activating group) is 1. The molecule has 3 aromatic heterocycles. The lowest BCUT2D eigenvalue weighted by Gasteiger charge is -2.08. The van der Waals surface area contributed by atoms with Crippen LogP contribution in [-0.2, 0) is 0 Å². The molecule has 1 fully saturated rings. The molecule has 1 saturated heterocycles. The van der Waals surface area contributed by atoms with Crippen LogP contribution >= 0.6 is 22.7 Å². The van der Waals surface area contributed by atoms with Gasteiger partial charge >= 0.3 is 0 Å². The average Bonchev–Trinajstić information content (AvgIpc) is 3.32. The summed E-state index contributed by atoms with van der Waals surface area (Å²) in [4.78, 5) is 14.0. The Balaban J connectivity index is 1.51. The maximum absolute atomic E-state index is 4.59. The van der Waals surface area contributed by atoms with E-state index in [0.717, 1.165) is 28.3 Å². The van der Waals surface area contributed by atoms with Crippen LogP contribution in [0.15, 0.2) is 42.0 Å². The van der Waals surface area contributed by atoms with Crippen molar-refractivity contribution >= 4 is 54.5 Å². The molecule has 25 heavy (non-hydrogen) atoms. The zero-order chi connectivity index (χ0) is 16.8. The Kier molecular flexibility index (Phi) is 3.69. The van der Waals surface area contributed by atoms with Gasteiger partial charge in [0.1, 0.15) is 4.83 Å². The Morgan fingerprint density at radius 2 is 2.16 bits per heavy atom. The molecule has 1 atom stereocenters. The van der Waals surface area contributed by atoms with E-state index in [1.54, 1.807) is 11.3 Å². The van der Waals surface area contributed by atoms with E-state index in [9.17, 15) is 0 Å². The smallest absolute Gasteiger partial charge is 0.125 e. The fourth-order valence-electron chi connectivity index (χ4n) is 3.53. The zero-order valence-corrected chi connectivity index (χ0v) is 15.5. The summed E-state index contributed by atoms with van der Waals surface area (Å²) in [6, 6.07) is 10.7. The first-order valence-electron chi connectivity index (χ1n) is 8.43. The number of thiazole rings is 1. The molecule has 1 aliphatic rings. The lowest BCUT2D eigenvalue weighted by molar-refractivity contribution is 0.412. The van der Waals surface area contributed by atoms with Gasteiger partial charge in [0, 0.05) is 34.6 Å². The van der Waals surface area contributed by atoms with Crippen molar-refractivity contribution in [2.75, 3.05) is 25.5 Å². The molecule has 1 N–H and O–H groups in total. The van der Waals surface area contributed by atoms with Crippen LogP contribution in [0.3, 0.4) is 0 Å². The molecule has 126 valence electrons. The molecule has 1 unspecified atom stereocenters. The second-order valence-electron chi connectivity index (χ2n) is 6.63. The van der Waals surface area contributed by atoms with Crippen LogP contribution in [-0.4, -0.2) is 35.0 Å². The minimum Gasteiger partial charge on any atom is -0.355 e. The number of nitrogens with one attached hydrogen (secondary N) is 1. The number of thiophene rings is 1. The van der Waals surface area contributed by atoms with Crippen LogP contribution in [0.5, 0.6) is 0 Å². The van der Waals surface area contributed by atoms with Crippen LogP contribution in [0.1, 0.15) is 17.2 Å². The van der Waals surface area contributed by atoms with Crippen molar-refractivity contribution in [2.45, 2.75) is 12.3 Å². The predicted octanol–water partition coefficient (Wildman–Crippen LogP) is 5.07. The summed E-state index contributed by atoms with van der Waals surface area (Å²) in [6.07, 6.45) is 3.14. The monoisotopic (exact) mass is 366 g/mol. The third-order valence-corrected chi connectivity index (χ3v) is 6.87. The first kappa shape index (κ1) is 15.3. The third-order valence-electron chi connectivity index (χ3n) is 4.86. The van der Waals surface area contributed by atoms with Gasteiger partial charge in [0.25, 0.3) is 0 Å². The van der Waals surface area contributed by atoms with E-state index >= 15 is 0 Å². The summed E-state index contributed by atoms with van der Waals surface area (Å²) in [5.41, 5.74) is 5.12. The average molecular weight is 367 g/mol. The quantitative estimate of drug-likeness (QED) is 0.550. The Hall–Kier alpha value is -2.02. The molecule has 6 heteroatoms. The van der Waals surface area contributed by atoms with Crippen molar-refractivity contribution in [3.63, 3.8) is 0 Å². The highest BCUT2D eigenvalue weighted by Gasteiger charge is 2.23. The fraction of sp³-hybridized carbons (Fsp3) is 0.263. The molecular formula is C19H18N4S2. The van der Waals surface area contributed by atoms with Gasteiger partial charge in [0.15, 0.2) is 0 Å². The highest BCUT2D eigenvalue weighted by molar-refractivity contribution is 7.18. The molecule has 1 aliphatic heterocycles. The predicted molar refractivity (Wildman–Crippen MR) is 107 cm³/mol. The molecule has 0 bridgehead atoms. The highest BCUT2D eigenvalue weighted by atomic mass is 32.1. The standard InChI is InChI=1S/C19H18N4S2/c1-23-7-5-12(10-23)18-9-14-15(4-6-20-19(14)25-18)22-13-2-3-17-16(8-13)21-11-24-17/h2-4,6,8-9,11-12H,5,7,10H2,1H3,(H,20,22). The maximum atomic E-state index is 4.59. The number of nitrogens with zero attached hydrogens (tertiary/aromatic N) is 3. The van der Waals surface area contributed by atoms with Gasteiger partial charge in [-0.25, -0.2) is 9.97 Å². The van der Waals surface area contributed by atoms with Crippen LogP contribution < -0.4 is 5.32 Å². The first-order valence-corrected chi connectivity index (χ1v) is 10.1. The largest absolute Gasteiger partial charge is 0.355 e. The van der Waals surface area contributed by atoms with E-state index in [-0.39, 0.29) is 0 Å². The second kappa shape index (κ2) is 6.05. The topological polar surface area (TPSA) is 41.0 Å². The normalized spacial score (nSPS) is 18.4. The van der Waals surface area contributed by atoms with Crippen molar-refractivity contribution in [3.8, 4) is 0 Å². The number of likely N-dealkylation sites (tertiary alicyclic amines) is 1. The van der Waals surface area contributed by atoms with Gasteiger partial charge < -0.3 is 10.2 Å². The third kappa shape index (κ3) is 2.80. The first-order chi connectivity index (χ1) is 12.3. The van der Waals surface area contributed by atoms with E-state index in [1.165, 1.54) is 27.9 Å². The zero-order valence-electron chi connectivity index (χ0n) is 13.9. The summed E-state index contributed by atoms with van der Waals surface area (Å²) in [7, 11) is 2.20. The molecule has 0 radical (unpaired) electrons. The van der Waals surface area contributed by atoms with Crippen molar-refractivity contribution in [2.24, 2.45) is 0 Å². The van der Waals surface area contributed by atoms with Crippen LogP contribution in [0.2, 0.25) is 0 Å². The van der Waals surface area contributed by atoms with Crippen molar-refractivity contribution < 1.29 is 0 Å². The lowest BCUT2D eigenvalue weighted by atomic mass is 10.1. The molecule has 0 amide bonds. The maximum Gasteiger partial charge on any atom is 0.125 e. The summed E-state index contributed by atoms with van der Waals surface area (Å²) < 4.78 is 1.22. The Morgan fingerprint density at radius 3 is 3.04 bits per heavy atom. The Labute approximate surface area is 154 Å². The van der Waals surface area contributed by atoms with Crippen molar-refractivity contribution in [1.82, 2.24) is 14.9 Å². The van der Waals surface area contributed by atoms with Gasteiger partial charge in [-0.3, -0.25) is 0 Å². The number of fused-ring (bicyclic) bond motifs is 2. The van der Waals surface area contributed by atoms with Crippen molar-refractivity contribution in [1.29, 1.82) is 0 Å². The summed E-state index contributed by atoms with van der Waals surface area (Å²) in [5.74, 6) is 0.642. The fourth-order valence-corrected chi connectivity index (χ4v) is 5.34. The molecular weight excluding hydrogens is 348 g/mol. The molecule has 4 aromatic rings. The number of hydrogen-bond donors (Lipinski definition) is 1. The minimum atomic E-state index is 0.642. The molecule has 1 aromatic carbocycles. The van der Waals surface area contributed by atoms with Crippen LogP contribution in [0, 0.1) is 0 Å². The Bertz CT molecular complexity index is 1050. The molecule has 0 aliphatic carbocycles. The Morgan fingerprint density at radius 1 is 1.20 bits per heavy atom. The van der Waals surface area contributed by atoms with E-state index in [4.69, 9.17) is 0 Å². The number of anilines is 2. The molecule has 0 spiro atoms. The van der Waals surface area contributed by atoms with E-state index in [1.807, 2.05) is 23.0 Å². The van der Waals surface area contributed by atoms with Gasteiger partial charge in [0.05, 0.1) is 21.4 Å². The summed E-state index contributed by atoms with van der Waals surface area (Å²) >= 11 is 3.51. The molecule has 5 rings (SSSR count). The molecule has 0 saturated carbocycles. The number of pyridine rings is 1. The number of benzene rings is 1. The molecule has 4 heterocycles. The van der Waals surface area contributed by atoms with Gasteiger partial charge in [0.2, 0.25) is 0 Å². The van der Waals surface area contributed by atoms with Gasteiger partial charge in [-0.05, 0) is 50.3 Å². The second-order valence-corrected chi connectivity index (χ2v) is 8.58. The number of hydrogen-bond acceptors (Lipinski definition) is 6. The van der Waals surface area contributed by atoms with Crippen LogP contribution in [0.25, 0.3) is 20.4 Å². The van der Waals surface area contributed by atoms with Gasteiger partial charge in [-0.15, -0.1) is 22.7 Å². The van der Waals surface area contributed by atoms with Crippen molar-refractivity contribution in [3.05, 3.63) is 46.9 Å². The number of aromatic nitrogens is 2. The lowest BCUT2D eigenvalue weighted by Crippen LogP contribution is -2.12. The number of rotatable bonds is 3.